The Morgan fingerprint density at radius 2 is 2.09 bits per heavy atom. The maximum atomic E-state index is 13.3. The van der Waals surface area contributed by atoms with Gasteiger partial charge in [-0.25, -0.2) is 0 Å². The summed E-state index contributed by atoms with van der Waals surface area (Å²) in [7, 11) is 0. The number of hydrogen-bond donors (Lipinski definition) is 0. The Hall–Kier alpha value is -1.58. The minimum Gasteiger partial charge on any atom is -0.376 e. The van der Waals surface area contributed by atoms with Gasteiger partial charge in [-0.05, 0) is 61.5 Å². The Kier molecular flexibility index (Phi) is 7.27. The number of amides is 1. The van der Waals surface area contributed by atoms with Gasteiger partial charge in [0.05, 0.1) is 24.4 Å². The second kappa shape index (κ2) is 10.4. The van der Waals surface area contributed by atoms with Crippen molar-refractivity contribution in [2.24, 2.45) is 5.92 Å². The number of thioether (sulfide) groups is 1. The molecule has 2 saturated heterocycles. The number of nitrogens with zero attached hydrogens (tertiary/aromatic N) is 5. The third-order valence-electron chi connectivity index (χ3n) is 7.30. The lowest BCUT2D eigenvalue weighted by Crippen LogP contribution is -2.40. The van der Waals surface area contributed by atoms with Crippen LogP contribution in [0.5, 0.6) is 0 Å². The van der Waals surface area contributed by atoms with Crippen molar-refractivity contribution in [3.8, 4) is 0 Å². The van der Waals surface area contributed by atoms with Gasteiger partial charge in [0.1, 0.15) is 0 Å². The van der Waals surface area contributed by atoms with Gasteiger partial charge < -0.3 is 14.5 Å². The van der Waals surface area contributed by atoms with Crippen molar-refractivity contribution in [1.82, 2.24) is 19.7 Å². The molecule has 0 N–H and O–H groups in total. The highest BCUT2D eigenvalue weighted by atomic mass is 32.2. The Balaban J connectivity index is 1.30. The maximum absolute atomic E-state index is 13.3. The van der Waals surface area contributed by atoms with Crippen LogP contribution >= 0.6 is 23.1 Å². The maximum Gasteiger partial charge on any atom is 0.233 e. The summed E-state index contributed by atoms with van der Waals surface area (Å²) in [6.07, 6.45) is 6.69. The van der Waals surface area contributed by atoms with Crippen molar-refractivity contribution >= 4 is 35.0 Å². The van der Waals surface area contributed by atoms with Crippen LogP contribution in [0, 0.1) is 5.92 Å². The van der Waals surface area contributed by atoms with Crippen LogP contribution in [0.4, 0.5) is 5.95 Å². The van der Waals surface area contributed by atoms with Crippen molar-refractivity contribution < 1.29 is 9.53 Å². The van der Waals surface area contributed by atoms with E-state index in [1.165, 1.54) is 35.0 Å². The van der Waals surface area contributed by atoms with E-state index < -0.39 is 0 Å². The lowest BCUT2D eigenvalue weighted by molar-refractivity contribution is -0.131. The van der Waals surface area contributed by atoms with E-state index in [-0.39, 0.29) is 18.1 Å². The minimum absolute atomic E-state index is 0.198. The molecule has 0 spiro atoms. The first kappa shape index (κ1) is 23.2. The highest BCUT2D eigenvalue weighted by Gasteiger charge is 2.31. The second-order valence-electron chi connectivity index (χ2n) is 9.55. The van der Waals surface area contributed by atoms with E-state index in [0.29, 0.717) is 5.75 Å². The molecule has 2 atom stereocenters. The van der Waals surface area contributed by atoms with Gasteiger partial charge in [0.15, 0.2) is 5.16 Å². The monoisotopic (exact) mass is 489 g/mol. The first-order valence-corrected chi connectivity index (χ1v) is 14.3. The number of fused-ring (bicyclic) bond motifs is 1. The van der Waals surface area contributed by atoms with E-state index in [1.54, 1.807) is 0 Å². The lowest BCUT2D eigenvalue weighted by Gasteiger charge is -2.35. The highest BCUT2D eigenvalue weighted by Crippen LogP contribution is 2.36. The molecule has 33 heavy (non-hydrogen) atoms. The number of aromatic nitrogens is 3. The van der Waals surface area contributed by atoms with E-state index in [9.17, 15) is 4.79 Å². The Labute approximate surface area is 204 Å². The first-order chi connectivity index (χ1) is 16.1. The molecule has 0 radical (unpaired) electrons. The van der Waals surface area contributed by atoms with Crippen LogP contribution in [0.2, 0.25) is 0 Å². The van der Waals surface area contributed by atoms with E-state index in [4.69, 9.17) is 4.74 Å². The van der Waals surface area contributed by atoms with Gasteiger partial charge in [-0.2, -0.15) is 0 Å². The molecule has 180 valence electrons. The topological polar surface area (TPSA) is 63.5 Å². The molecule has 2 fully saturated rings. The Morgan fingerprint density at radius 3 is 2.85 bits per heavy atom. The molecule has 7 nitrogen and oxygen atoms in total. The molecule has 2 aromatic heterocycles. The van der Waals surface area contributed by atoms with Crippen LogP contribution in [0.25, 0.3) is 0 Å². The molecule has 5 rings (SSSR count). The van der Waals surface area contributed by atoms with Gasteiger partial charge in [-0.1, -0.05) is 25.6 Å². The molecule has 1 amide bonds. The summed E-state index contributed by atoms with van der Waals surface area (Å²) in [6.45, 7) is 8.95. The zero-order chi connectivity index (χ0) is 22.8. The van der Waals surface area contributed by atoms with Crippen molar-refractivity contribution in [2.75, 3.05) is 36.9 Å². The number of anilines is 1. The van der Waals surface area contributed by atoms with Crippen molar-refractivity contribution in [1.29, 1.82) is 0 Å². The Morgan fingerprint density at radius 1 is 1.24 bits per heavy atom. The number of piperidine rings is 1. The van der Waals surface area contributed by atoms with Crippen LogP contribution < -0.4 is 4.90 Å². The quantitative estimate of drug-likeness (QED) is 0.538. The zero-order valence-electron chi connectivity index (χ0n) is 19.7. The Bertz CT molecular complexity index is 947. The summed E-state index contributed by atoms with van der Waals surface area (Å²) in [6, 6.07) is 2.40. The van der Waals surface area contributed by atoms with Gasteiger partial charge in [0, 0.05) is 31.1 Å². The molecule has 0 bridgehead atoms. The van der Waals surface area contributed by atoms with Crippen molar-refractivity contribution in [3.05, 3.63) is 21.9 Å². The molecule has 5 heterocycles. The molecule has 3 aliphatic heterocycles. The molecule has 9 heteroatoms. The van der Waals surface area contributed by atoms with E-state index in [2.05, 4.69) is 49.9 Å². The van der Waals surface area contributed by atoms with E-state index >= 15 is 0 Å². The highest BCUT2D eigenvalue weighted by molar-refractivity contribution is 7.99. The number of carbonyl (C=O) groups is 1. The predicted molar refractivity (Wildman–Crippen MR) is 133 cm³/mol. The number of thiophene rings is 1. The smallest absolute Gasteiger partial charge is 0.233 e. The lowest BCUT2D eigenvalue weighted by atomic mass is 9.98. The van der Waals surface area contributed by atoms with Crippen LogP contribution in [0.3, 0.4) is 0 Å². The summed E-state index contributed by atoms with van der Waals surface area (Å²) in [5, 5.41) is 12.1. The molecular weight excluding hydrogens is 454 g/mol. The molecule has 0 aliphatic carbocycles. The molecule has 2 unspecified atom stereocenters. The number of ether oxygens (including phenoxy) is 1. The SMILES string of the molecule is CCC1c2ccsc2CCN1C(=O)CSc1nnc(N2CCC(C)CC2)n1CC1CCCO1. The molecule has 0 saturated carbocycles. The fourth-order valence-electron chi connectivity index (χ4n) is 5.33. The molecule has 3 aliphatic rings. The first-order valence-electron chi connectivity index (χ1n) is 12.4. The minimum atomic E-state index is 0.198. The van der Waals surface area contributed by atoms with Gasteiger partial charge in [-0.3, -0.25) is 9.36 Å². The van der Waals surface area contributed by atoms with Gasteiger partial charge >= 0.3 is 0 Å². The van der Waals surface area contributed by atoms with Crippen LogP contribution in [-0.2, 0) is 22.5 Å². The molecule has 0 aromatic carbocycles. The van der Waals surface area contributed by atoms with Crippen LogP contribution in [0.1, 0.15) is 62.4 Å². The van der Waals surface area contributed by atoms with E-state index in [1.807, 2.05) is 11.3 Å². The van der Waals surface area contributed by atoms with Crippen molar-refractivity contribution in [2.45, 2.75) is 76.2 Å². The van der Waals surface area contributed by atoms with Crippen LogP contribution in [0.15, 0.2) is 16.6 Å². The average molecular weight is 490 g/mol. The van der Waals surface area contributed by atoms with E-state index in [0.717, 1.165) is 75.5 Å². The fourth-order valence-corrected chi connectivity index (χ4v) is 7.08. The summed E-state index contributed by atoms with van der Waals surface area (Å²) in [4.78, 5) is 19.2. The summed E-state index contributed by atoms with van der Waals surface area (Å²) in [5.74, 6) is 2.31. The van der Waals surface area contributed by atoms with Crippen molar-refractivity contribution in [3.63, 3.8) is 0 Å². The normalized spacial score (nSPS) is 23.8. The third-order valence-corrected chi connectivity index (χ3v) is 9.25. The third kappa shape index (κ3) is 4.95. The number of rotatable bonds is 7. The second-order valence-corrected chi connectivity index (χ2v) is 11.5. The summed E-state index contributed by atoms with van der Waals surface area (Å²) >= 11 is 3.35. The van der Waals surface area contributed by atoms with Gasteiger partial charge in [0.2, 0.25) is 11.9 Å². The zero-order valence-corrected chi connectivity index (χ0v) is 21.4. The average Bonchev–Trinajstić information content (AvgIpc) is 3.59. The standard InChI is InChI=1S/C24H35N5O2S2/c1-3-20-19-9-14-32-21(19)8-12-28(20)22(30)16-33-24-26-25-23(27-10-6-17(2)7-11-27)29(24)15-18-5-4-13-31-18/h9,14,17-18,20H,3-8,10-13,15-16H2,1-2H3. The fraction of sp³-hybridized carbons (Fsp3) is 0.708. The number of hydrogen-bond acceptors (Lipinski definition) is 7. The predicted octanol–water partition coefficient (Wildman–Crippen LogP) is 4.38. The largest absolute Gasteiger partial charge is 0.376 e. The summed E-state index contributed by atoms with van der Waals surface area (Å²) < 4.78 is 8.15. The summed E-state index contributed by atoms with van der Waals surface area (Å²) in [5.41, 5.74) is 1.34. The van der Waals surface area contributed by atoms with Gasteiger partial charge in [-0.15, -0.1) is 21.5 Å². The number of carbonyl (C=O) groups excluding carboxylic acids is 1. The molecular formula is C24H35N5O2S2. The van der Waals surface area contributed by atoms with Gasteiger partial charge in [0.25, 0.3) is 0 Å². The van der Waals surface area contributed by atoms with Crippen LogP contribution in [-0.4, -0.2) is 63.7 Å². The molecule has 2 aromatic rings.